The van der Waals surface area contributed by atoms with E-state index in [1.54, 1.807) is 9.80 Å². The Morgan fingerprint density at radius 2 is 2.11 bits per heavy atom. The van der Waals surface area contributed by atoms with E-state index in [-0.39, 0.29) is 17.9 Å². The number of thiocarbonyl (C=S) groups is 1. The molecule has 0 N–H and O–H groups in total. The van der Waals surface area contributed by atoms with Gasteiger partial charge in [-0.3, -0.25) is 14.5 Å². The molecule has 2 fully saturated rings. The van der Waals surface area contributed by atoms with Crippen LogP contribution in [0.1, 0.15) is 38.2 Å². The number of amides is 2. The van der Waals surface area contributed by atoms with Crippen LogP contribution in [0, 0.1) is 0 Å². The molecule has 0 radical (unpaired) electrons. The number of thioether (sulfide) groups is 1. The lowest BCUT2D eigenvalue weighted by molar-refractivity contribution is -0.123. The summed E-state index contributed by atoms with van der Waals surface area (Å²) < 4.78 is 7.04. The first-order valence-corrected chi connectivity index (χ1v) is 11.5. The highest BCUT2D eigenvalue weighted by molar-refractivity contribution is 9.10. The average Bonchev–Trinajstić information content (AvgIpc) is 3.34. The molecule has 0 unspecified atom stereocenters. The second-order valence-electron chi connectivity index (χ2n) is 7.09. The van der Waals surface area contributed by atoms with E-state index in [9.17, 15) is 9.59 Å². The Morgan fingerprint density at radius 1 is 1.29 bits per heavy atom. The highest BCUT2D eigenvalue weighted by atomic mass is 79.9. The van der Waals surface area contributed by atoms with Crippen molar-refractivity contribution in [2.45, 2.75) is 38.7 Å². The third kappa shape index (κ3) is 3.56. The van der Waals surface area contributed by atoms with E-state index in [1.165, 1.54) is 11.8 Å². The molecule has 28 heavy (non-hydrogen) atoms. The van der Waals surface area contributed by atoms with Gasteiger partial charge in [-0.15, -0.1) is 0 Å². The summed E-state index contributed by atoms with van der Waals surface area (Å²) in [6, 6.07) is 5.78. The molecule has 3 aliphatic rings. The number of nitrogens with zero attached hydrogens (tertiary/aromatic N) is 2. The number of carbonyl (C=O) groups excluding carboxylic acids is 2. The smallest absolute Gasteiger partial charge is 0.267 e. The standard InChI is InChI=1S/C20H21BrN2O3S2/c1-2-3-8-22-15-7-6-12(21)10-14(15)16(18(22)24)17-19(25)23(20(27)28-17)11-13-5-4-9-26-13/h6-7,10,13H,2-5,8-9,11H2,1H3/b17-16-/t13-/m1/s1. The second kappa shape index (κ2) is 8.26. The van der Waals surface area contributed by atoms with Gasteiger partial charge in [0.05, 0.1) is 28.8 Å². The largest absolute Gasteiger partial charge is 0.376 e. The molecule has 3 aliphatic heterocycles. The number of benzene rings is 1. The topological polar surface area (TPSA) is 49.9 Å². The summed E-state index contributed by atoms with van der Waals surface area (Å²) >= 11 is 10.2. The Hall–Kier alpha value is -1.22. The number of unbranched alkanes of at least 4 members (excludes halogenated alkanes) is 1. The van der Waals surface area contributed by atoms with Crippen LogP contribution < -0.4 is 4.90 Å². The minimum absolute atomic E-state index is 0.0219. The number of rotatable bonds is 5. The number of hydrogen-bond donors (Lipinski definition) is 0. The molecule has 1 aromatic carbocycles. The first kappa shape index (κ1) is 20.1. The highest BCUT2D eigenvalue weighted by Crippen LogP contribution is 2.45. The molecule has 0 spiro atoms. The number of hydrogen-bond acceptors (Lipinski definition) is 5. The van der Waals surface area contributed by atoms with Crippen molar-refractivity contribution in [2.75, 3.05) is 24.6 Å². The van der Waals surface area contributed by atoms with Gasteiger partial charge in [-0.05, 0) is 37.5 Å². The van der Waals surface area contributed by atoms with Crippen LogP contribution in [0.15, 0.2) is 27.6 Å². The molecule has 2 amide bonds. The van der Waals surface area contributed by atoms with Crippen LogP contribution in [0.25, 0.3) is 5.57 Å². The maximum Gasteiger partial charge on any atom is 0.267 e. The number of carbonyl (C=O) groups is 2. The molecule has 1 atom stereocenters. The summed E-state index contributed by atoms with van der Waals surface area (Å²) in [5.74, 6) is -0.295. The Balaban J connectivity index is 1.71. The van der Waals surface area contributed by atoms with Crippen molar-refractivity contribution in [1.82, 2.24) is 4.90 Å². The van der Waals surface area contributed by atoms with Crippen LogP contribution in [-0.4, -0.2) is 46.8 Å². The van der Waals surface area contributed by atoms with Gasteiger partial charge >= 0.3 is 0 Å². The zero-order chi connectivity index (χ0) is 19.8. The van der Waals surface area contributed by atoms with E-state index >= 15 is 0 Å². The van der Waals surface area contributed by atoms with Gasteiger partial charge in [0.25, 0.3) is 11.8 Å². The third-order valence-electron chi connectivity index (χ3n) is 5.20. The predicted molar refractivity (Wildman–Crippen MR) is 119 cm³/mol. The first-order chi connectivity index (χ1) is 13.5. The van der Waals surface area contributed by atoms with Crippen LogP contribution in [0.3, 0.4) is 0 Å². The van der Waals surface area contributed by atoms with Crippen molar-refractivity contribution in [1.29, 1.82) is 0 Å². The molecule has 148 valence electrons. The molecule has 5 nitrogen and oxygen atoms in total. The van der Waals surface area contributed by atoms with E-state index < -0.39 is 0 Å². The minimum Gasteiger partial charge on any atom is -0.376 e. The lowest BCUT2D eigenvalue weighted by Crippen LogP contribution is -2.35. The zero-order valence-corrected chi connectivity index (χ0v) is 18.8. The van der Waals surface area contributed by atoms with Gasteiger partial charge in [-0.2, -0.15) is 0 Å². The molecule has 0 aliphatic carbocycles. The van der Waals surface area contributed by atoms with Crippen molar-refractivity contribution in [2.24, 2.45) is 0 Å². The van der Waals surface area contributed by atoms with E-state index in [0.717, 1.165) is 48.0 Å². The van der Waals surface area contributed by atoms with Crippen molar-refractivity contribution in [3.8, 4) is 0 Å². The SMILES string of the molecule is CCCCN1C(=O)/C(=C2\SC(=S)N(C[C@H]3CCCO3)C2=O)c2cc(Br)ccc21. The molecular weight excluding hydrogens is 460 g/mol. The van der Waals surface area contributed by atoms with Crippen LogP contribution in [0.5, 0.6) is 0 Å². The number of anilines is 1. The molecule has 1 aromatic rings. The lowest BCUT2D eigenvalue weighted by Gasteiger charge is -2.18. The van der Waals surface area contributed by atoms with E-state index in [1.807, 2.05) is 18.2 Å². The molecular formula is C20H21BrN2O3S2. The number of halogens is 1. The molecule has 3 heterocycles. The summed E-state index contributed by atoms with van der Waals surface area (Å²) in [4.78, 5) is 30.3. The maximum atomic E-state index is 13.3. The zero-order valence-electron chi connectivity index (χ0n) is 15.6. The molecule has 8 heteroatoms. The lowest BCUT2D eigenvalue weighted by atomic mass is 10.1. The van der Waals surface area contributed by atoms with Crippen molar-refractivity contribution in [3.63, 3.8) is 0 Å². The van der Waals surface area contributed by atoms with Crippen LogP contribution >= 0.6 is 39.9 Å². The third-order valence-corrected chi connectivity index (χ3v) is 7.14. The van der Waals surface area contributed by atoms with Crippen molar-refractivity contribution >= 4 is 67.3 Å². The Labute approximate surface area is 182 Å². The predicted octanol–water partition coefficient (Wildman–Crippen LogP) is 4.35. The minimum atomic E-state index is -0.183. The Bertz CT molecular complexity index is 880. The Morgan fingerprint density at radius 3 is 2.82 bits per heavy atom. The fourth-order valence-corrected chi connectivity index (χ4v) is 5.47. The molecule has 4 rings (SSSR count). The van der Waals surface area contributed by atoms with Gasteiger partial charge in [-0.25, -0.2) is 0 Å². The van der Waals surface area contributed by atoms with Gasteiger partial charge in [0.2, 0.25) is 0 Å². The van der Waals surface area contributed by atoms with Crippen LogP contribution in [-0.2, 0) is 14.3 Å². The van der Waals surface area contributed by atoms with Crippen molar-refractivity contribution in [3.05, 3.63) is 33.1 Å². The quantitative estimate of drug-likeness (QED) is 0.463. The molecule has 2 saturated heterocycles. The fraction of sp³-hybridized carbons (Fsp3) is 0.450. The summed E-state index contributed by atoms with van der Waals surface area (Å²) in [7, 11) is 0. The summed E-state index contributed by atoms with van der Waals surface area (Å²) in [5.41, 5.74) is 2.13. The first-order valence-electron chi connectivity index (χ1n) is 9.52. The van der Waals surface area contributed by atoms with Gasteiger partial charge in [-0.1, -0.05) is 53.3 Å². The Kier molecular flexibility index (Phi) is 5.92. The summed E-state index contributed by atoms with van der Waals surface area (Å²) in [5, 5.41) is 0. The molecule has 0 aromatic heterocycles. The average molecular weight is 481 g/mol. The summed E-state index contributed by atoms with van der Waals surface area (Å²) in [6.45, 7) is 3.93. The van der Waals surface area contributed by atoms with Gasteiger partial charge in [0, 0.05) is 23.2 Å². The number of fused-ring (bicyclic) bond motifs is 1. The van der Waals surface area contributed by atoms with E-state index in [2.05, 4.69) is 22.9 Å². The van der Waals surface area contributed by atoms with Crippen LogP contribution in [0.4, 0.5) is 5.69 Å². The molecule has 0 saturated carbocycles. The number of ether oxygens (including phenoxy) is 1. The van der Waals surface area contributed by atoms with E-state index in [4.69, 9.17) is 17.0 Å². The highest BCUT2D eigenvalue weighted by Gasteiger charge is 2.42. The summed E-state index contributed by atoms with van der Waals surface area (Å²) in [6.07, 6.45) is 3.87. The van der Waals surface area contributed by atoms with Gasteiger partial charge in [0.15, 0.2) is 0 Å². The maximum absolute atomic E-state index is 13.3. The monoisotopic (exact) mass is 480 g/mol. The second-order valence-corrected chi connectivity index (χ2v) is 9.65. The van der Waals surface area contributed by atoms with Crippen molar-refractivity contribution < 1.29 is 14.3 Å². The van der Waals surface area contributed by atoms with Gasteiger partial charge in [0.1, 0.15) is 4.32 Å². The van der Waals surface area contributed by atoms with Crippen LogP contribution in [0.2, 0.25) is 0 Å². The molecule has 0 bridgehead atoms. The normalized spacial score (nSPS) is 24.6. The fourth-order valence-electron chi connectivity index (χ4n) is 3.76. The van der Waals surface area contributed by atoms with E-state index in [0.29, 0.717) is 27.9 Å². The van der Waals surface area contributed by atoms with Gasteiger partial charge < -0.3 is 9.64 Å².